The molecular weight excluding hydrogens is 370 g/mol. The zero-order valence-corrected chi connectivity index (χ0v) is 17.4. The van der Waals surface area contributed by atoms with E-state index in [1.165, 1.54) is 24.8 Å². The van der Waals surface area contributed by atoms with Gasteiger partial charge in [-0.3, -0.25) is 9.69 Å². The smallest absolute Gasteiger partial charge is 0.237 e. The molecule has 148 valence electrons. The van der Waals surface area contributed by atoms with Gasteiger partial charge in [0.1, 0.15) is 5.75 Å². The molecule has 1 aliphatic rings. The van der Waals surface area contributed by atoms with Gasteiger partial charge in [0.15, 0.2) is 0 Å². The van der Waals surface area contributed by atoms with Crippen LogP contribution in [0.25, 0.3) is 0 Å². The Morgan fingerprint density at radius 1 is 1.27 bits per heavy atom. The number of hydrogen-bond acceptors (Lipinski definition) is 5. The lowest BCUT2D eigenvalue weighted by atomic mass is 10.0. The molecule has 0 radical (unpaired) electrons. The summed E-state index contributed by atoms with van der Waals surface area (Å²) >= 11 is 1.71. The average molecular weight is 402 g/mol. The van der Waals surface area contributed by atoms with E-state index in [2.05, 4.69) is 22.3 Å². The molecule has 1 fully saturated rings. The number of likely N-dealkylation sites (tertiary alicyclic amines) is 1. The molecule has 0 aliphatic carbocycles. The molecule has 0 saturated carbocycles. The number of nitrogens with zero attached hydrogens (tertiary/aromatic N) is 1. The maximum absolute atomic E-state index is 12.3. The van der Waals surface area contributed by atoms with Gasteiger partial charge in [-0.1, -0.05) is 18.6 Å². The molecule has 1 amide bonds. The molecule has 5 nitrogen and oxygen atoms in total. The highest BCUT2D eigenvalue weighted by molar-refractivity contribution is 7.98. The lowest BCUT2D eigenvalue weighted by molar-refractivity contribution is -0.122. The molecule has 3 N–H and O–H groups in total. The first-order valence-corrected chi connectivity index (χ1v) is 10.5. The lowest BCUT2D eigenvalue weighted by Crippen LogP contribution is -2.45. The van der Waals surface area contributed by atoms with E-state index >= 15 is 0 Å². The van der Waals surface area contributed by atoms with Gasteiger partial charge < -0.3 is 15.8 Å². The van der Waals surface area contributed by atoms with Crippen molar-refractivity contribution in [2.24, 2.45) is 5.73 Å². The molecule has 1 aromatic carbocycles. The summed E-state index contributed by atoms with van der Waals surface area (Å²) in [6.07, 6.45) is 6.46. The Hall–Kier alpha value is -0.950. The van der Waals surface area contributed by atoms with E-state index in [0.717, 1.165) is 24.6 Å². The summed E-state index contributed by atoms with van der Waals surface area (Å²) < 4.78 is 5.26. The third kappa shape index (κ3) is 6.99. The Kier molecular flexibility index (Phi) is 11.0. The van der Waals surface area contributed by atoms with Crippen LogP contribution in [-0.2, 0) is 4.79 Å². The highest BCUT2D eigenvalue weighted by atomic mass is 35.5. The second-order valence-corrected chi connectivity index (χ2v) is 7.50. The Morgan fingerprint density at radius 2 is 1.92 bits per heavy atom. The Labute approximate surface area is 167 Å². The molecule has 26 heavy (non-hydrogen) atoms. The third-order valence-electron chi connectivity index (χ3n) is 4.77. The first kappa shape index (κ1) is 23.1. The van der Waals surface area contributed by atoms with Crippen LogP contribution < -0.4 is 15.8 Å². The fraction of sp³-hybridized carbons (Fsp3) is 0.632. The molecule has 2 atom stereocenters. The molecular formula is C19H32ClN3O2S. The van der Waals surface area contributed by atoms with Crippen molar-refractivity contribution in [3.8, 4) is 5.75 Å². The van der Waals surface area contributed by atoms with Crippen LogP contribution in [0.2, 0.25) is 0 Å². The monoisotopic (exact) mass is 401 g/mol. The number of thioether (sulfide) groups is 1. The largest absolute Gasteiger partial charge is 0.497 e. The van der Waals surface area contributed by atoms with Gasteiger partial charge in [0.2, 0.25) is 5.91 Å². The number of hydrogen-bond donors (Lipinski definition) is 2. The summed E-state index contributed by atoms with van der Waals surface area (Å²) in [5.41, 5.74) is 7.20. The molecule has 2 unspecified atom stereocenters. The standard InChI is InChI=1S/C19H31N3O2S.ClH/c1-24-16-8-6-15(7-9-16)18(22-11-4-3-5-12-22)14-21-19(23)17(20)10-13-25-2;/h6-9,17-18H,3-5,10-14,20H2,1-2H3,(H,21,23);1H. The highest BCUT2D eigenvalue weighted by Gasteiger charge is 2.24. The van der Waals surface area contributed by atoms with Crippen LogP contribution in [0.4, 0.5) is 0 Å². The number of carbonyl (C=O) groups excluding carboxylic acids is 1. The van der Waals surface area contributed by atoms with E-state index in [1.54, 1.807) is 18.9 Å². The predicted octanol–water partition coefficient (Wildman–Crippen LogP) is 2.84. The number of carbonyl (C=O) groups is 1. The van der Waals surface area contributed by atoms with E-state index < -0.39 is 6.04 Å². The number of halogens is 1. The molecule has 1 aromatic rings. The summed E-state index contributed by atoms with van der Waals surface area (Å²) in [5.74, 6) is 1.71. The van der Waals surface area contributed by atoms with Crippen LogP contribution >= 0.6 is 24.2 Å². The number of amides is 1. The maximum atomic E-state index is 12.3. The van der Waals surface area contributed by atoms with Gasteiger partial charge in [-0.15, -0.1) is 12.4 Å². The van der Waals surface area contributed by atoms with E-state index in [4.69, 9.17) is 10.5 Å². The number of benzene rings is 1. The molecule has 0 spiro atoms. The topological polar surface area (TPSA) is 67.6 Å². The molecule has 1 heterocycles. The van der Waals surface area contributed by atoms with E-state index in [-0.39, 0.29) is 24.4 Å². The van der Waals surface area contributed by atoms with Gasteiger partial charge in [0.05, 0.1) is 19.2 Å². The Balaban J connectivity index is 0.00000338. The number of ether oxygens (including phenoxy) is 1. The van der Waals surface area contributed by atoms with Crippen LogP contribution in [0.3, 0.4) is 0 Å². The van der Waals surface area contributed by atoms with Gasteiger partial charge in [-0.2, -0.15) is 11.8 Å². The first-order chi connectivity index (χ1) is 12.2. The van der Waals surface area contributed by atoms with Crippen molar-refractivity contribution in [1.29, 1.82) is 0 Å². The quantitative estimate of drug-likeness (QED) is 0.666. The normalized spacial score (nSPS) is 17.0. The van der Waals surface area contributed by atoms with Gasteiger partial charge in [-0.05, 0) is 62.1 Å². The predicted molar refractivity (Wildman–Crippen MR) is 112 cm³/mol. The van der Waals surface area contributed by atoms with Crippen molar-refractivity contribution < 1.29 is 9.53 Å². The van der Waals surface area contributed by atoms with Gasteiger partial charge >= 0.3 is 0 Å². The summed E-state index contributed by atoms with van der Waals surface area (Å²) in [7, 11) is 1.67. The van der Waals surface area contributed by atoms with E-state index in [0.29, 0.717) is 13.0 Å². The van der Waals surface area contributed by atoms with E-state index in [1.807, 2.05) is 18.4 Å². The van der Waals surface area contributed by atoms with Crippen LogP contribution in [0, 0.1) is 0 Å². The van der Waals surface area contributed by atoms with Crippen molar-refractivity contribution in [3.05, 3.63) is 29.8 Å². The number of methoxy groups -OCH3 is 1. The minimum Gasteiger partial charge on any atom is -0.497 e. The third-order valence-corrected chi connectivity index (χ3v) is 5.42. The Bertz CT molecular complexity index is 524. The SMILES string of the molecule is COc1ccc(C(CNC(=O)C(N)CCSC)N2CCCCC2)cc1.Cl. The van der Waals surface area contributed by atoms with Crippen LogP contribution in [0.15, 0.2) is 24.3 Å². The number of piperidine rings is 1. The second-order valence-electron chi connectivity index (χ2n) is 6.52. The minimum atomic E-state index is -0.426. The summed E-state index contributed by atoms with van der Waals surface area (Å²) in [5, 5.41) is 3.07. The van der Waals surface area contributed by atoms with Crippen molar-refractivity contribution in [1.82, 2.24) is 10.2 Å². The van der Waals surface area contributed by atoms with Gasteiger partial charge in [0, 0.05) is 6.54 Å². The van der Waals surface area contributed by atoms with Gasteiger partial charge in [-0.25, -0.2) is 0 Å². The van der Waals surface area contributed by atoms with E-state index in [9.17, 15) is 4.79 Å². The minimum absolute atomic E-state index is 0. The lowest BCUT2D eigenvalue weighted by Gasteiger charge is -2.35. The fourth-order valence-electron chi connectivity index (χ4n) is 3.22. The second kappa shape index (κ2) is 12.4. The molecule has 1 saturated heterocycles. The van der Waals surface area contributed by atoms with Crippen molar-refractivity contribution in [2.75, 3.05) is 38.8 Å². The number of nitrogens with one attached hydrogen (secondary N) is 1. The Morgan fingerprint density at radius 3 is 2.50 bits per heavy atom. The molecule has 7 heteroatoms. The summed E-state index contributed by atoms with van der Waals surface area (Å²) in [6.45, 7) is 2.74. The molecule has 2 rings (SSSR count). The van der Waals surface area contributed by atoms with Crippen molar-refractivity contribution >= 4 is 30.1 Å². The van der Waals surface area contributed by atoms with Crippen LogP contribution in [-0.4, -0.2) is 55.6 Å². The van der Waals surface area contributed by atoms with Crippen LogP contribution in [0.1, 0.15) is 37.3 Å². The number of rotatable bonds is 9. The van der Waals surface area contributed by atoms with Crippen LogP contribution in [0.5, 0.6) is 5.75 Å². The van der Waals surface area contributed by atoms with Gasteiger partial charge in [0.25, 0.3) is 0 Å². The zero-order valence-electron chi connectivity index (χ0n) is 15.8. The van der Waals surface area contributed by atoms with Crippen molar-refractivity contribution in [2.45, 2.75) is 37.8 Å². The maximum Gasteiger partial charge on any atom is 0.237 e. The number of nitrogens with two attached hydrogens (primary N) is 1. The average Bonchev–Trinajstić information content (AvgIpc) is 2.67. The molecule has 0 aromatic heterocycles. The summed E-state index contributed by atoms with van der Waals surface area (Å²) in [4.78, 5) is 14.8. The fourth-order valence-corrected chi connectivity index (χ4v) is 3.71. The van der Waals surface area contributed by atoms with Crippen molar-refractivity contribution in [3.63, 3.8) is 0 Å². The zero-order chi connectivity index (χ0) is 18.1. The molecule has 0 bridgehead atoms. The summed E-state index contributed by atoms with van der Waals surface area (Å²) in [6, 6.07) is 7.92. The first-order valence-electron chi connectivity index (χ1n) is 9.06. The molecule has 1 aliphatic heterocycles. The highest BCUT2D eigenvalue weighted by Crippen LogP contribution is 2.25.